The van der Waals surface area contributed by atoms with Gasteiger partial charge in [0.2, 0.25) is 0 Å². The van der Waals surface area contributed by atoms with Gasteiger partial charge in [-0.3, -0.25) is 4.79 Å². The van der Waals surface area contributed by atoms with E-state index in [0.717, 1.165) is 18.7 Å². The predicted octanol–water partition coefficient (Wildman–Crippen LogP) is 1.95. The van der Waals surface area contributed by atoms with E-state index in [9.17, 15) is 14.3 Å². The summed E-state index contributed by atoms with van der Waals surface area (Å²) in [5.41, 5.74) is 2.16. The van der Waals surface area contributed by atoms with Gasteiger partial charge in [0, 0.05) is 18.7 Å². The molecule has 0 radical (unpaired) electrons. The van der Waals surface area contributed by atoms with E-state index >= 15 is 0 Å². The van der Waals surface area contributed by atoms with Gasteiger partial charge < -0.3 is 20.5 Å². The highest BCUT2D eigenvalue weighted by Gasteiger charge is 2.18. The molecule has 2 aromatic carbocycles. The molecule has 1 amide bonds. The molecule has 0 bridgehead atoms. The first kappa shape index (κ1) is 17.5. The maximum absolute atomic E-state index is 13.0. The van der Waals surface area contributed by atoms with E-state index in [0.29, 0.717) is 17.7 Å². The molecule has 1 heterocycles. The Hall–Kier alpha value is -2.28. The number of morpholine rings is 1. The summed E-state index contributed by atoms with van der Waals surface area (Å²) < 4.78 is 18.7. The van der Waals surface area contributed by atoms with E-state index in [1.165, 1.54) is 12.1 Å². The van der Waals surface area contributed by atoms with Crippen molar-refractivity contribution >= 4 is 5.91 Å². The van der Waals surface area contributed by atoms with Gasteiger partial charge in [-0.15, -0.1) is 0 Å². The molecule has 25 heavy (non-hydrogen) atoms. The molecular formula is C19H21FN2O3. The number of aliphatic hydroxyl groups is 1. The number of rotatable bonds is 5. The van der Waals surface area contributed by atoms with Crippen LogP contribution in [0.4, 0.5) is 4.39 Å². The predicted molar refractivity (Wildman–Crippen MR) is 91.7 cm³/mol. The van der Waals surface area contributed by atoms with Crippen LogP contribution < -0.4 is 10.6 Å². The Labute approximate surface area is 145 Å². The number of amides is 1. The highest BCUT2D eigenvalue weighted by molar-refractivity contribution is 5.94. The molecule has 1 fully saturated rings. The fourth-order valence-electron chi connectivity index (χ4n) is 2.80. The van der Waals surface area contributed by atoms with Gasteiger partial charge in [0.05, 0.1) is 25.4 Å². The number of aliphatic hydroxyl groups excluding tert-OH is 1. The Morgan fingerprint density at radius 3 is 2.56 bits per heavy atom. The molecule has 3 N–H and O–H groups in total. The molecule has 1 saturated heterocycles. The van der Waals surface area contributed by atoms with Crippen molar-refractivity contribution in [2.75, 3.05) is 26.3 Å². The van der Waals surface area contributed by atoms with E-state index in [1.807, 2.05) is 12.1 Å². The fourth-order valence-corrected chi connectivity index (χ4v) is 2.80. The van der Waals surface area contributed by atoms with Crippen LogP contribution in [0, 0.1) is 5.82 Å². The molecule has 1 aliphatic heterocycles. The van der Waals surface area contributed by atoms with Crippen molar-refractivity contribution in [3.05, 3.63) is 71.0 Å². The number of carbonyl (C=O) groups is 1. The summed E-state index contributed by atoms with van der Waals surface area (Å²) in [6.45, 7) is 2.01. The third kappa shape index (κ3) is 4.42. The zero-order valence-corrected chi connectivity index (χ0v) is 13.7. The molecule has 0 aromatic heterocycles. The standard InChI is InChI=1S/C19H21FN2O3/c20-16-7-5-13(6-8-16)17(12-23)22-19(24)15-3-1-14(2-4-15)18-11-21-9-10-25-18/h1-8,17-18,21,23H,9-12H2,(H,22,24)/t17-,18+/m0/s1. The van der Waals surface area contributed by atoms with Crippen LogP contribution in [0.3, 0.4) is 0 Å². The number of hydrogen-bond acceptors (Lipinski definition) is 4. The molecule has 6 heteroatoms. The molecular weight excluding hydrogens is 323 g/mol. The van der Waals surface area contributed by atoms with Gasteiger partial charge in [-0.1, -0.05) is 24.3 Å². The summed E-state index contributed by atoms with van der Waals surface area (Å²) in [5, 5.41) is 15.6. The first-order valence-electron chi connectivity index (χ1n) is 8.27. The quantitative estimate of drug-likeness (QED) is 0.775. The molecule has 0 aliphatic carbocycles. The monoisotopic (exact) mass is 344 g/mol. The average Bonchev–Trinajstić information content (AvgIpc) is 2.67. The van der Waals surface area contributed by atoms with Gasteiger partial charge in [0.15, 0.2) is 0 Å². The number of nitrogens with one attached hydrogen (secondary N) is 2. The maximum Gasteiger partial charge on any atom is 0.251 e. The summed E-state index contributed by atoms with van der Waals surface area (Å²) in [6.07, 6.45) is -0.00438. The highest BCUT2D eigenvalue weighted by Crippen LogP contribution is 2.20. The lowest BCUT2D eigenvalue weighted by Gasteiger charge is -2.24. The van der Waals surface area contributed by atoms with E-state index < -0.39 is 6.04 Å². The Kier molecular flexibility index (Phi) is 5.75. The lowest BCUT2D eigenvalue weighted by atomic mass is 10.0. The van der Waals surface area contributed by atoms with Crippen molar-refractivity contribution in [2.45, 2.75) is 12.1 Å². The van der Waals surface area contributed by atoms with Crippen LogP contribution in [-0.2, 0) is 4.74 Å². The molecule has 2 aromatic rings. The molecule has 3 rings (SSSR count). The van der Waals surface area contributed by atoms with Crippen LogP contribution in [0.1, 0.15) is 33.6 Å². The third-order valence-electron chi connectivity index (χ3n) is 4.23. The van der Waals surface area contributed by atoms with Crippen molar-refractivity contribution in [1.29, 1.82) is 0 Å². The van der Waals surface area contributed by atoms with Crippen LogP contribution in [0.5, 0.6) is 0 Å². The Morgan fingerprint density at radius 2 is 1.96 bits per heavy atom. The third-order valence-corrected chi connectivity index (χ3v) is 4.23. The van der Waals surface area contributed by atoms with E-state index in [-0.39, 0.29) is 24.4 Å². The Balaban J connectivity index is 1.66. The second kappa shape index (κ2) is 8.20. The van der Waals surface area contributed by atoms with Gasteiger partial charge in [0.1, 0.15) is 5.82 Å². The fraction of sp³-hybridized carbons (Fsp3) is 0.316. The van der Waals surface area contributed by atoms with Crippen LogP contribution in [0.2, 0.25) is 0 Å². The average molecular weight is 344 g/mol. The molecule has 0 unspecified atom stereocenters. The summed E-state index contributed by atoms with van der Waals surface area (Å²) in [4.78, 5) is 12.4. The zero-order valence-electron chi connectivity index (χ0n) is 13.7. The molecule has 132 valence electrons. The van der Waals surface area contributed by atoms with Crippen molar-refractivity contribution in [3.8, 4) is 0 Å². The molecule has 0 spiro atoms. The largest absolute Gasteiger partial charge is 0.394 e. The van der Waals surface area contributed by atoms with Gasteiger partial charge in [-0.25, -0.2) is 4.39 Å². The van der Waals surface area contributed by atoms with Crippen molar-refractivity contribution in [3.63, 3.8) is 0 Å². The minimum Gasteiger partial charge on any atom is -0.394 e. The number of ether oxygens (including phenoxy) is 1. The minimum absolute atomic E-state index is 0.00438. The number of hydrogen-bond donors (Lipinski definition) is 3. The Bertz CT molecular complexity index is 698. The van der Waals surface area contributed by atoms with Crippen LogP contribution in [0.15, 0.2) is 48.5 Å². The lowest BCUT2D eigenvalue weighted by molar-refractivity contribution is 0.0277. The highest BCUT2D eigenvalue weighted by atomic mass is 19.1. The maximum atomic E-state index is 13.0. The summed E-state index contributed by atoms with van der Waals surface area (Å²) >= 11 is 0. The number of carbonyl (C=O) groups excluding carboxylic acids is 1. The van der Waals surface area contributed by atoms with Crippen molar-refractivity contribution in [2.24, 2.45) is 0 Å². The van der Waals surface area contributed by atoms with Gasteiger partial charge in [-0.2, -0.15) is 0 Å². The molecule has 1 aliphatic rings. The smallest absolute Gasteiger partial charge is 0.251 e. The van der Waals surface area contributed by atoms with E-state index in [2.05, 4.69) is 10.6 Å². The SMILES string of the molecule is O=C(N[C@@H](CO)c1ccc(F)cc1)c1ccc([C@H]2CNCCO2)cc1. The van der Waals surface area contributed by atoms with Crippen molar-refractivity contribution < 1.29 is 19.0 Å². The molecule has 2 atom stereocenters. The topological polar surface area (TPSA) is 70.6 Å². The van der Waals surface area contributed by atoms with Crippen LogP contribution in [0.25, 0.3) is 0 Å². The van der Waals surface area contributed by atoms with E-state index in [1.54, 1.807) is 24.3 Å². The van der Waals surface area contributed by atoms with Crippen LogP contribution >= 0.6 is 0 Å². The first-order valence-corrected chi connectivity index (χ1v) is 8.27. The summed E-state index contributed by atoms with van der Waals surface area (Å²) in [6, 6.07) is 12.3. The number of halogens is 1. The Morgan fingerprint density at radius 1 is 1.24 bits per heavy atom. The van der Waals surface area contributed by atoms with Gasteiger partial charge in [0.25, 0.3) is 5.91 Å². The van der Waals surface area contributed by atoms with Gasteiger partial charge >= 0.3 is 0 Å². The van der Waals surface area contributed by atoms with Gasteiger partial charge in [-0.05, 0) is 35.4 Å². The second-order valence-corrected chi connectivity index (χ2v) is 5.95. The number of benzene rings is 2. The summed E-state index contributed by atoms with van der Waals surface area (Å²) in [7, 11) is 0. The normalized spacial score (nSPS) is 18.6. The minimum atomic E-state index is -0.585. The van der Waals surface area contributed by atoms with E-state index in [4.69, 9.17) is 4.74 Å². The zero-order chi connectivity index (χ0) is 17.6. The van der Waals surface area contributed by atoms with Crippen LogP contribution in [-0.4, -0.2) is 37.3 Å². The van der Waals surface area contributed by atoms with Crippen molar-refractivity contribution in [1.82, 2.24) is 10.6 Å². The molecule has 0 saturated carbocycles. The second-order valence-electron chi connectivity index (χ2n) is 5.95. The first-order chi connectivity index (χ1) is 12.2. The summed E-state index contributed by atoms with van der Waals surface area (Å²) in [5.74, 6) is -0.653. The lowest BCUT2D eigenvalue weighted by Crippen LogP contribution is -2.33. The molecule has 5 nitrogen and oxygen atoms in total.